The highest BCUT2D eigenvalue weighted by Crippen LogP contribution is 2.37. The van der Waals surface area contributed by atoms with Gasteiger partial charge in [0.15, 0.2) is 11.5 Å². The maximum Gasteiger partial charge on any atom is 0.265 e. The Hall–Kier alpha value is -4.16. The number of rotatable bonds is 14. The van der Waals surface area contributed by atoms with Gasteiger partial charge in [-0.05, 0) is 48.0 Å². The molecule has 10 nitrogen and oxygen atoms in total. The number of sulfonamides is 1. The van der Waals surface area contributed by atoms with E-state index in [1.54, 1.807) is 18.2 Å². The van der Waals surface area contributed by atoms with Crippen LogP contribution in [0.4, 0.5) is 5.69 Å². The van der Waals surface area contributed by atoms with Gasteiger partial charge in [0.2, 0.25) is 11.8 Å². The van der Waals surface area contributed by atoms with Gasteiger partial charge in [0, 0.05) is 46.7 Å². The van der Waals surface area contributed by atoms with E-state index in [4.69, 9.17) is 49.0 Å². The van der Waals surface area contributed by atoms with Crippen molar-refractivity contribution in [2.24, 2.45) is 0 Å². The van der Waals surface area contributed by atoms with Crippen LogP contribution in [0.15, 0.2) is 89.8 Å². The summed E-state index contributed by atoms with van der Waals surface area (Å²) in [6.07, 6.45) is 0.108. The molecule has 0 heterocycles. The molecule has 0 fully saturated rings. The SMILES string of the molecule is CNC(=O)[C@H](Cc1ccccc1)N(Cc1c(Cl)cccc1Cl)C(=O)CN(c1cc(Cl)ccc1OC)S(=O)(=O)c1ccc(OC)c(OC)c1. The third kappa shape index (κ3) is 8.27. The number of anilines is 1. The van der Waals surface area contributed by atoms with Crippen LogP contribution in [-0.4, -0.2) is 66.1 Å². The lowest BCUT2D eigenvalue weighted by molar-refractivity contribution is -0.139. The number of carbonyl (C=O) groups is 2. The molecule has 0 spiro atoms. The molecule has 0 saturated carbocycles. The van der Waals surface area contributed by atoms with E-state index in [1.165, 1.54) is 69.7 Å². The lowest BCUT2D eigenvalue weighted by Gasteiger charge is -2.34. The maximum absolute atomic E-state index is 14.6. The first-order valence-electron chi connectivity index (χ1n) is 14.5. The number of nitrogens with one attached hydrogen (secondary N) is 1. The molecular formula is C34H34Cl3N3O7S. The van der Waals surface area contributed by atoms with E-state index in [-0.39, 0.29) is 50.1 Å². The summed E-state index contributed by atoms with van der Waals surface area (Å²) in [6.45, 7) is -0.975. The zero-order chi connectivity index (χ0) is 35.0. The molecule has 4 rings (SSSR count). The predicted molar refractivity (Wildman–Crippen MR) is 187 cm³/mol. The molecule has 0 aromatic heterocycles. The summed E-state index contributed by atoms with van der Waals surface area (Å²) in [5, 5.41) is 3.36. The normalized spacial score (nSPS) is 11.7. The maximum atomic E-state index is 14.6. The summed E-state index contributed by atoms with van der Waals surface area (Å²) in [6, 6.07) is 21.3. The van der Waals surface area contributed by atoms with Gasteiger partial charge in [-0.3, -0.25) is 13.9 Å². The summed E-state index contributed by atoms with van der Waals surface area (Å²) in [7, 11) is 1.08. The van der Waals surface area contributed by atoms with Crippen molar-refractivity contribution in [3.05, 3.63) is 111 Å². The van der Waals surface area contributed by atoms with E-state index in [9.17, 15) is 18.0 Å². The summed E-state index contributed by atoms with van der Waals surface area (Å²) in [5.41, 5.74) is 1.13. The van der Waals surface area contributed by atoms with Crippen molar-refractivity contribution in [2.75, 3.05) is 39.2 Å². The standard InChI is InChI=1S/C34H34Cl3N3O7S/c1-38-34(42)29(17-22-9-6-5-7-10-22)39(20-25-26(36)11-8-12-27(25)37)33(41)21-40(28-18-23(35)13-15-30(28)45-2)48(43,44)24-14-16-31(46-3)32(19-24)47-4/h5-16,18-19,29H,17,20-21H2,1-4H3,(H,38,42)/t29-/m0/s1. The van der Waals surface area contributed by atoms with Crippen LogP contribution in [0.1, 0.15) is 11.1 Å². The van der Waals surface area contributed by atoms with Gasteiger partial charge >= 0.3 is 0 Å². The van der Waals surface area contributed by atoms with E-state index in [1.807, 2.05) is 30.3 Å². The topological polar surface area (TPSA) is 114 Å². The van der Waals surface area contributed by atoms with E-state index < -0.39 is 34.4 Å². The highest BCUT2D eigenvalue weighted by atomic mass is 35.5. The molecule has 1 atom stereocenters. The van der Waals surface area contributed by atoms with Crippen molar-refractivity contribution in [3.8, 4) is 17.2 Å². The Morgan fingerprint density at radius 1 is 0.792 bits per heavy atom. The molecule has 48 heavy (non-hydrogen) atoms. The van der Waals surface area contributed by atoms with Crippen LogP contribution in [0.25, 0.3) is 0 Å². The minimum absolute atomic E-state index is 0.0107. The van der Waals surface area contributed by atoms with E-state index >= 15 is 0 Å². The number of amides is 2. The van der Waals surface area contributed by atoms with Crippen LogP contribution in [0, 0.1) is 0 Å². The number of hydrogen-bond donors (Lipinski definition) is 1. The molecule has 2 amide bonds. The van der Waals surface area contributed by atoms with Crippen LogP contribution in [0.2, 0.25) is 15.1 Å². The van der Waals surface area contributed by atoms with Crippen LogP contribution < -0.4 is 23.8 Å². The Morgan fingerprint density at radius 2 is 1.42 bits per heavy atom. The van der Waals surface area contributed by atoms with Crippen LogP contribution >= 0.6 is 34.8 Å². The second-order valence-corrected chi connectivity index (χ2v) is 13.5. The first kappa shape index (κ1) is 36.7. The van der Waals surface area contributed by atoms with Gasteiger partial charge in [0.25, 0.3) is 10.0 Å². The quantitative estimate of drug-likeness (QED) is 0.163. The Bertz CT molecular complexity index is 1860. The third-order valence-electron chi connectivity index (χ3n) is 7.54. The molecule has 0 unspecified atom stereocenters. The number of likely N-dealkylation sites (N-methyl/N-ethyl adjacent to an activating group) is 1. The first-order valence-corrected chi connectivity index (χ1v) is 17.1. The molecule has 0 bridgehead atoms. The third-order valence-corrected chi connectivity index (χ3v) is 10.2. The molecule has 0 saturated heterocycles. The molecule has 1 N–H and O–H groups in total. The fourth-order valence-electron chi connectivity index (χ4n) is 5.05. The Kier molecular flexibility index (Phi) is 12.4. The van der Waals surface area contributed by atoms with Crippen LogP contribution in [0.5, 0.6) is 17.2 Å². The number of hydrogen-bond acceptors (Lipinski definition) is 7. The number of ether oxygens (including phenoxy) is 3. The number of benzene rings is 4. The highest BCUT2D eigenvalue weighted by Gasteiger charge is 2.36. The molecule has 254 valence electrons. The molecule has 4 aromatic carbocycles. The summed E-state index contributed by atoms with van der Waals surface area (Å²) >= 11 is 19.4. The largest absolute Gasteiger partial charge is 0.495 e. The zero-order valence-corrected chi connectivity index (χ0v) is 29.7. The Balaban J connectivity index is 1.90. The second-order valence-electron chi connectivity index (χ2n) is 10.4. The molecule has 14 heteroatoms. The van der Waals surface area contributed by atoms with Gasteiger partial charge in [-0.15, -0.1) is 0 Å². The van der Waals surface area contributed by atoms with Gasteiger partial charge in [0.1, 0.15) is 18.3 Å². The number of methoxy groups -OCH3 is 3. The second kappa shape index (κ2) is 16.3. The predicted octanol–water partition coefficient (Wildman–Crippen LogP) is 6.25. The molecule has 4 aromatic rings. The van der Waals surface area contributed by atoms with Crippen molar-refractivity contribution in [3.63, 3.8) is 0 Å². The fourth-order valence-corrected chi connectivity index (χ4v) is 7.17. The van der Waals surface area contributed by atoms with Crippen molar-refractivity contribution < 1.29 is 32.2 Å². The molecular weight excluding hydrogens is 701 g/mol. The van der Waals surface area contributed by atoms with Crippen molar-refractivity contribution in [1.82, 2.24) is 10.2 Å². The molecule has 0 radical (unpaired) electrons. The van der Waals surface area contributed by atoms with Gasteiger partial charge in [0.05, 0.1) is 31.9 Å². The van der Waals surface area contributed by atoms with Crippen LogP contribution in [0.3, 0.4) is 0 Å². The van der Waals surface area contributed by atoms with Crippen LogP contribution in [-0.2, 0) is 32.6 Å². The number of halogens is 3. The number of carbonyl (C=O) groups excluding carboxylic acids is 2. The van der Waals surface area contributed by atoms with Gasteiger partial charge < -0.3 is 24.4 Å². The lowest BCUT2D eigenvalue weighted by atomic mass is 10.0. The minimum Gasteiger partial charge on any atom is -0.495 e. The van der Waals surface area contributed by atoms with Crippen molar-refractivity contribution in [1.29, 1.82) is 0 Å². The van der Waals surface area contributed by atoms with Gasteiger partial charge in [-0.2, -0.15) is 0 Å². The average molecular weight is 735 g/mol. The summed E-state index contributed by atoms with van der Waals surface area (Å²) in [4.78, 5) is 29.2. The smallest absolute Gasteiger partial charge is 0.265 e. The van der Waals surface area contributed by atoms with Crippen molar-refractivity contribution >= 4 is 62.3 Å². The monoisotopic (exact) mass is 733 g/mol. The van der Waals surface area contributed by atoms with E-state index in [0.29, 0.717) is 11.3 Å². The minimum atomic E-state index is -4.53. The summed E-state index contributed by atoms with van der Waals surface area (Å²) in [5.74, 6) is -0.632. The van der Waals surface area contributed by atoms with Crippen molar-refractivity contribution in [2.45, 2.75) is 23.9 Å². The Labute approximate surface area is 295 Å². The van der Waals surface area contributed by atoms with E-state index in [0.717, 1.165) is 9.87 Å². The van der Waals surface area contributed by atoms with Gasteiger partial charge in [-0.1, -0.05) is 71.2 Å². The van der Waals surface area contributed by atoms with E-state index in [2.05, 4.69) is 5.32 Å². The fraction of sp³-hybridized carbons (Fsp3) is 0.235. The van der Waals surface area contributed by atoms with Gasteiger partial charge in [-0.25, -0.2) is 8.42 Å². The summed E-state index contributed by atoms with van der Waals surface area (Å²) < 4.78 is 46.0. The lowest BCUT2D eigenvalue weighted by Crippen LogP contribution is -2.53. The first-order chi connectivity index (χ1) is 22.9. The molecule has 0 aliphatic rings. The number of nitrogens with zero attached hydrogens (tertiary/aromatic N) is 2. The zero-order valence-electron chi connectivity index (χ0n) is 26.6. The average Bonchev–Trinajstić information content (AvgIpc) is 3.09. The Morgan fingerprint density at radius 3 is 2.02 bits per heavy atom. The highest BCUT2D eigenvalue weighted by molar-refractivity contribution is 7.92. The molecule has 0 aliphatic heterocycles. The molecule has 0 aliphatic carbocycles.